The number of urea groups is 1. The predicted molar refractivity (Wildman–Crippen MR) is 105 cm³/mol. The lowest BCUT2D eigenvalue weighted by molar-refractivity contribution is 0.0167. The molecule has 0 bridgehead atoms. The Morgan fingerprint density at radius 2 is 1.86 bits per heavy atom. The second-order valence-electron chi connectivity index (χ2n) is 8.53. The third-order valence-corrected chi connectivity index (χ3v) is 6.12. The Labute approximate surface area is 165 Å². The first-order valence-electron chi connectivity index (χ1n) is 9.26. The normalized spacial score (nSPS) is 19.6. The molecule has 1 N–H and O–H groups in total. The second kappa shape index (κ2) is 6.95. The standard InChI is InChI=1S/C19H27N3O5S/c1-18(2,3)27-17(24)21-10-8-19(9-11-21)13-22(16(23)20-19)14-6-5-7-15(12-14)28(4,25)26/h5-7,12H,8-11,13H2,1-4H3,(H,20,23). The molecule has 1 spiro atoms. The molecule has 3 amide bonds. The minimum atomic E-state index is -3.35. The van der Waals surface area contributed by atoms with Gasteiger partial charge in [-0.15, -0.1) is 0 Å². The van der Waals surface area contributed by atoms with E-state index >= 15 is 0 Å². The van der Waals surface area contributed by atoms with E-state index in [0.29, 0.717) is 38.2 Å². The smallest absolute Gasteiger partial charge is 0.410 e. The summed E-state index contributed by atoms with van der Waals surface area (Å²) in [6.45, 7) is 6.90. The van der Waals surface area contributed by atoms with Gasteiger partial charge in [0.05, 0.1) is 17.0 Å². The first-order valence-corrected chi connectivity index (χ1v) is 11.2. The quantitative estimate of drug-likeness (QED) is 0.809. The van der Waals surface area contributed by atoms with Gasteiger partial charge in [0, 0.05) is 25.0 Å². The van der Waals surface area contributed by atoms with Crippen molar-refractivity contribution in [3.8, 4) is 0 Å². The number of piperidine rings is 1. The van der Waals surface area contributed by atoms with Crippen molar-refractivity contribution in [3.05, 3.63) is 24.3 Å². The molecule has 0 aliphatic carbocycles. The zero-order chi connectivity index (χ0) is 20.7. The first kappa shape index (κ1) is 20.4. The molecule has 9 heteroatoms. The van der Waals surface area contributed by atoms with Crippen LogP contribution in [0.3, 0.4) is 0 Å². The molecule has 0 unspecified atom stereocenters. The highest BCUT2D eigenvalue weighted by Crippen LogP contribution is 2.32. The van der Waals surface area contributed by atoms with E-state index in [9.17, 15) is 18.0 Å². The van der Waals surface area contributed by atoms with Gasteiger partial charge in [0.2, 0.25) is 0 Å². The maximum Gasteiger partial charge on any atom is 0.410 e. The van der Waals surface area contributed by atoms with Crippen LogP contribution in [0.15, 0.2) is 29.2 Å². The number of ether oxygens (including phenoxy) is 1. The number of rotatable bonds is 2. The number of hydrogen-bond donors (Lipinski definition) is 1. The van der Waals surface area contributed by atoms with Gasteiger partial charge in [-0.3, -0.25) is 4.90 Å². The molecule has 2 heterocycles. The molecule has 2 aliphatic rings. The van der Waals surface area contributed by atoms with Crippen LogP contribution < -0.4 is 10.2 Å². The van der Waals surface area contributed by atoms with Gasteiger partial charge < -0.3 is 15.0 Å². The van der Waals surface area contributed by atoms with Gasteiger partial charge in [-0.1, -0.05) is 6.07 Å². The molecule has 2 fully saturated rings. The van der Waals surface area contributed by atoms with E-state index in [1.807, 2.05) is 20.8 Å². The number of anilines is 1. The van der Waals surface area contributed by atoms with Gasteiger partial charge in [0.25, 0.3) is 0 Å². The Bertz CT molecular complexity index is 883. The monoisotopic (exact) mass is 409 g/mol. The molecular weight excluding hydrogens is 382 g/mol. The number of sulfone groups is 1. The molecule has 0 aromatic heterocycles. The molecule has 0 radical (unpaired) electrons. The van der Waals surface area contributed by atoms with Gasteiger partial charge in [-0.2, -0.15) is 0 Å². The van der Waals surface area contributed by atoms with Crippen molar-refractivity contribution in [1.82, 2.24) is 10.2 Å². The Balaban J connectivity index is 1.70. The molecule has 2 saturated heterocycles. The van der Waals surface area contributed by atoms with Crippen molar-refractivity contribution in [2.45, 2.75) is 49.6 Å². The van der Waals surface area contributed by atoms with Gasteiger partial charge in [0.15, 0.2) is 9.84 Å². The number of likely N-dealkylation sites (tertiary alicyclic amines) is 1. The largest absolute Gasteiger partial charge is 0.444 e. The van der Waals surface area contributed by atoms with Crippen molar-refractivity contribution in [2.75, 3.05) is 30.8 Å². The van der Waals surface area contributed by atoms with Crippen molar-refractivity contribution in [2.24, 2.45) is 0 Å². The molecule has 0 atom stereocenters. The number of benzene rings is 1. The third kappa shape index (κ3) is 4.40. The Kier molecular flexibility index (Phi) is 5.07. The van der Waals surface area contributed by atoms with Gasteiger partial charge in [-0.25, -0.2) is 18.0 Å². The van der Waals surface area contributed by atoms with E-state index in [1.165, 1.54) is 12.1 Å². The predicted octanol–water partition coefficient (Wildman–Crippen LogP) is 2.39. The lowest BCUT2D eigenvalue weighted by Crippen LogP contribution is -2.54. The van der Waals surface area contributed by atoms with Crippen molar-refractivity contribution < 1.29 is 22.7 Å². The number of carbonyl (C=O) groups is 2. The van der Waals surface area contributed by atoms with Gasteiger partial charge in [-0.05, 0) is 51.8 Å². The average Bonchev–Trinajstić information content (AvgIpc) is 2.89. The summed E-state index contributed by atoms with van der Waals surface area (Å²) in [5.41, 5.74) is -0.432. The molecule has 1 aromatic carbocycles. The Morgan fingerprint density at radius 3 is 2.43 bits per heavy atom. The fraction of sp³-hybridized carbons (Fsp3) is 0.579. The Morgan fingerprint density at radius 1 is 1.21 bits per heavy atom. The van der Waals surface area contributed by atoms with Crippen LogP contribution in [0.1, 0.15) is 33.6 Å². The molecule has 8 nitrogen and oxygen atoms in total. The van der Waals surface area contributed by atoms with Crippen LogP contribution in [-0.4, -0.2) is 62.5 Å². The van der Waals surface area contributed by atoms with Crippen LogP contribution in [-0.2, 0) is 14.6 Å². The Hall–Kier alpha value is -2.29. The molecule has 2 aliphatic heterocycles. The average molecular weight is 410 g/mol. The lowest BCUT2D eigenvalue weighted by atomic mass is 9.88. The number of hydrogen-bond acceptors (Lipinski definition) is 5. The minimum absolute atomic E-state index is 0.179. The molecule has 3 rings (SSSR count). The van der Waals surface area contributed by atoms with Gasteiger partial charge in [0.1, 0.15) is 5.60 Å². The summed E-state index contributed by atoms with van der Waals surface area (Å²) in [7, 11) is -3.35. The first-order chi connectivity index (χ1) is 12.9. The summed E-state index contributed by atoms with van der Waals surface area (Å²) in [4.78, 5) is 28.2. The molecule has 1 aromatic rings. The SMILES string of the molecule is CC(C)(C)OC(=O)N1CCC2(CC1)CN(c1cccc(S(C)(=O)=O)c1)C(=O)N2. The van der Waals surface area contributed by atoms with Gasteiger partial charge >= 0.3 is 12.1 Å². The molecule has 0 saturated carbocycles. The number of nitrogens with one attached hydrogen (secondary N) is 1. The number of carbonyl (C=O) groups excluding carboxylic acids is 2. The van der Waals surface area contributed by atoms with Crippen LogP contribution in [0, 0.1) is 0 Å². The number of nitrogens with zero attached hydrogens (tertiary/aromatic N) is 2. The topological polar surface area (TPSA) is 96.0 Å². The lowest BCUT2D eigenvalue weighted by Gasteiger charge is -2.39. The van der Waals surface area contributed by atoms with Crippen LogP contribution in [0.4, 0.5) is 15.3 Å². The van der Waals surface area contributed by atoms with E-state index in [0.717, 1.165) is 6.26 Å². The maximum atomic E-state index is 12.6. The summed E-state index contributed by atoms with van der Waals surface area (Å²) < 4.78 is 29.0. The fourth-order valence-corrected chi connectivity index (χ4v) is 4.19. The summed E-state index contributed by atoms with van der Waals surface area (Å²) in [6.07, 6.45) is 2.02. The molecule has 154 valence electrons. The highest BCUT2D eigenvalue weighted by atomic mass is 32.2. The van der Waals surface area contributed by atoms with E-state index < -0.39 is 21.0 Å². The van der Waals surface area contributed by atoms with Crippen LogP contribution in [0.2, 0.25) is 0 Å². The van der Waals surface area contributed by atoms with E-state index in [2.05, 4.69) is 5.32 Å². The van der Waals surface area contributed by atoms with Crippen LogP contribution in [0.25, 0.3) is 0 Å². The third-order valence-electron chi connectivity index (χ3n) is 5.01. The molecule has 28 heavy (non-hydrogen) atoms. The summed E-state index contributed by atoms with van der Waals surface area (Å²) in [5.74, 6) is 0. The highest BCUT2D eigenvalue weighted by molar-refractivity contribution is 7.90. The van der Waals surface area contributed by atoms with E-state index in [-0.39, 0.29) is 17.0 Å². The van der Waals surface area contributed by atoms with Crippen LogP contribution >= 0.6 is 0 Å². The van der Waals surface area contributed by atoms with Crippen molar-refractivity contribution >= 4 is 27.6 Å². The molecular formula is C19H27N3O5S. The van der Waals surface area contributed by atoms with E-state index in [1.54, 1.807) is 21.9 Å². The highest BCUT2D eigenvalue weighted by Gasteiger charge is 2.46. The van der Waals surface area contributed by atoms with Crippen LogP contribution in [0.5, 0.6) is 0 Å². The fourth-order valence-electron chi connectivity index (χ4n) is 3.53. The van der Waals surface area contributed by atoms with Crippen molar-refractivity contribution in [3.63, 3.8) is 0 Å². The summed E-state index contributed by atoms with van der Waals surface area (Å²) in [5, 5.41) is 3.04. The number of amides is 3. The zero-order valence-electron chi connectivity index (χ0n) is 16.7. The summed E-state index contributed by atoms with van der Waals surface area (Å²) in [6, 6.07) is 6.14. The maximum absolute atomic E-state index is 12.6. The zero-order valence-corrected chi connectivity index (χ0v) is 17.5. The van der Waals surface area contributed by atoms with Crippen molar-refractivity contribution in [1.29, 1.82) is 0 Å². The minimum Gasteiger partial charge on any atom is -0.444 e. The second-order valence-corrected chi connectivity index (χ2v) is 10.5. The summed E-state index contributed by atoms with van der Waals surface area (Å²) >= 11 is 0. The van der Waals surface area contributed by atoms with E-state index in [4.69, 9.17) is 4.74 Å².